The molecule has 3 N–H and O–H groups in total. The molecule has 18 heteroatoms. The average Bonchev–Trinajstić information content (AvgIpc) is 3.51. The van der Waals surface area contributed by atoms with Gasteiger partial charge in [-0.3, -0.25) is 19.2 Å². The van der Waals surface area contributed by atoms with Crippen LogP contribution in [0.1, 0.15) is 11.1 Å². The van der Waals surface area contributed by atoms with E-state index in [2.05, 4.69) is 15.2 Å². The van der Waals surface area contributed by atoms with E-state index >= 15 is 0 Å². The van der Waals surface area contributed by atoms with Crippen LogP contribution >= 0.6 is 11.3 Å². The van der Waals surface area contributed by atoms with Gasteiger partial charge >= 0.3 is 5.13 Å². The van der Waals surface area contributed by atoms with E-state index in [1.54, 1.807) is 13.0 Å². The number of tetrazole rings is 1. The first kappa shape index (κ1) is 27.4. The highest BCUT2D eigenvalue weighted by molar-refractivity contribution is 7.86. The smallest absolute Gasteiger partial charge is 0.365 e. The van der Waals surface area contributed by atoms with Crippen LogP contribution in [-0.4, -0.2) is 55.9 Å². The summed E-state index contributed by atoms with van der Waals surface area (Å²) < 4.78 is 67.9. The van der Waals surface area contributed by atoms with Crippen molar-refractivity contribution in [2.45, 2.75) is 23.3 Å². The molecule has 0 unspecified atom stereocenters. The van der Waals surface area contributed by atoms with Gasteiger partial charge < -0.3 is 5.11 Å². The van der Waals surface area contributed by atoms with Gasteiger partial charge in [0, 0.05) is 22.8 Å². The average molecular weight is 606 g/mol. The Hall–Kier alpha value is -4.20. The van der Waals surface area contributed by atoms with Crippen molar-refractivity contribution in [1.82, 2.24) is 20.0 Å². The number of nitro benzene ring substituents is 1. The molecule has 0 saturated carbocycles. The SMILES string of the molecule is Cc1ccc(-c2nn(-c3cc(S(=O)(=O)O)ccc3CO)[n+](-c3nc4ccc([N+](=O)[O-])cc4s3)n2)c(S(=O)(=O)O)c1. The molecule has 3 aromatic carbocycles. The molecule has 0 spiro atoms. The lowest BCUT2D eigenvalue weighted by molar-refractivity contribution is -0.734. The number of thiazole rings is 1. The Labute approximate surface area is 229 Å². The summed E-state index contributed by atoms with van der Waals surface area (Å²) in [5, 5.41) is 30.0. The largest absolute Gasteiger partial charge is 0.392 e. The summed E-state index contributed by atoms with van der Waals surface area (Å²) in [6.45, 7) is 1.02. The summed E-state index contributed by atoms with van der Waals surface area (Å²) in [6, 6.07) is 11.4. The van der Waals surface area contributed by atoms with E-state index in [4.69, 9.17) is 0 Å². The van der Waals surface area contributed by atoms with Crippen LogP contribution in [0.25, 0.3) is 32.4 Å². The third kappa shape index (κ3) is 5.06. The number of fused-ring (bicyclic) bond motifs is 1. The number of aryl methyl sites for hydroxylation is 1. The summed E-state index contributed by atoms with van der Waals surface area (Å²) in [4.78, 5) is 16.2. The fourth-order valence-electron chi connectivity index (χ4n) is 3.82. The molecule has 40 heavy (non-hydrogen) atoms. The van der Waals surface area contributed by atoms with Crippen LogP contribution in [0.2, 0.25) is 0 Å². The third-order valence-corrected chi connectivity index (χ3v) is 8.42. The molecule has 0 radical (unpaired) electrons. The van der Waals surface area contributed by atoms with Crippen LogP contribution in [0, 0.1) is 17.0 Å². The van der Waals surface area contributed by atoms with E-state index in [1.165, 1.54) is 36.4 Å². The van der Waals surface area contributed by atoms with E-state index in [-0.39, 0.29) is 33.5 Å². The molecule has 0 bridgehead atoms. The molecule has 2 aromatic heterocycles. The maximum atomic E-state index is 12.2. The molecular weight excluding hydrogens is 588 g/mol. The Bertz CT molecular complexity index is 2050. The lowest BCUT2D eigenvalue weighted by Gasteiger charge is -2.07. The van der Waals surface area contributed by atoms with Crippen LogP contribution in [0.15, 0.2) is 64.4 Å². The predicted molar refractivity (Wildman–Crippen MR) is 138 cm³/mol. The van der Waals surface area contributed by atoms with Crippen molar-refractivity contribution in [2.75, 3.05) is 0 Å². The summed E-state index contributed by atoms with van der Waals surface area (Å²) in [5.41, 5.74) is 0.664. The summed E-state index contributed by atoms with van der Waals surface area (Å²) in [6.07, 6.45) is 0. The number of hydrogen-bond donors (Lipinski definition) is 3. The van der Waals surface area contributed by atoms with Crippen LogP contribution in [0.3, 0.4) is 0 Å². The molecule has 5 rings (SSSR count). The van der Waals surface area contributed by atoms with Crippen LogP contribution in [-0.2, 0) is 26.8 Å². The fraction of sp³-hybridized carbons (Fsp3) is 0.0909. The Kier molecular flexibility index (Phi) is 6.68. The predicted octanol–water partition coefficient (Wildman–Crippen LogP) is 2.02. The van der Waals surface area contributed by atoms with Crippen LogP contribution in [0.5, 0.6) is 0 Å². The van der Waals surface area contributed by atoms with Crippen molar-refractivity contribution >= 4 is 47.5 Å². The molecule has 15 nitrogen and oxygen atoms in total. The van der Waals surface area contributed by atoms with Crippen LogP contribution in [0.4, 0.5) is 5.69 Å². The first-order valence-corrected chi connectivity index (χ1v) is 14.7. The minimum absolute atomic E-state index is 0.0675. The highest BCUT2D eigenvalue weighted by atomic mass is 32.2. The van der Waals surface area contributed by atoms with E-state index in [1.807, 2.05) is 0 Å². The second-order valence-electron chi connectivity index (χ2n) is 8.41. The number of nitro groups is 1. The summed E-state index contributed by atoms with van der Waals surface area (Å²) >= 11 is 0.961. The number of aliphatic hydroxyl groups is 1. The van der Waals surface area contributed by atoms with E-state index in [0.717, 1.165) is 33.1 Å². The lowest BCUT2D eigenvalue weighted by Crippen LogP contribution is -2.43. The molecule has 2 heterocycles. The number of nitrogens with zero attached hydrogens (tertiary/aromatic N) is 6. The van der Waals surface area contributed by atoms with Gasteiger partial charge in [-0.2, -0.15) is 16.8 Å². The minimum Gasteiger partial charge on any atom is -0.392 e. The van der Waals surface area contributed by atoms with Gasteiger partial charge in [0.25, 0.3) is 31.7 Å². The fourth-order valence-corrected chi connectivity index (χ4v) is 6.03. The maximum absolute atomic E-state index is 12.2. The van der Waals surface area contributed by atoms with E-state index in [9.17, 15) is 41.2 Å². The number of aliphatic hydroxyl groups excluding tert-OH is 1. The molecule has 0 amide bonds. The minimum atomic E-state index is -4.74. The number of non-ortho nitro benzene ring substituents is 1. The quantitative estimate of drug-likeness (QED) is 0.105. The summed E-state index contributed by atoms with van der Waals surface area (Å²) in [5.74, 6) is -0.237. The van der Waals surface area contributed by atoms with E-state index < -0.39 is 41.6 Å². The molecule has 0 atom stereocenters. The first-order chi connectivity index (χ1) is 18.8. The van der Waals surface area contributed by atoms with Gasteiger partial charge in [0.05, 0.1) is 26.7 Å². The summed E-state index contributed by atoms with van der Waals surface area (Å²) in [7, 11) is -9.42. The number of hydrogen-bond acceptors (Lipinski definition) is 11. The maximum Gasteiger partial charge on any atom is 0.365 e. The second kappa shape index (κ2) is 9.77. The number of benzene rings is 3. The molecule has 0 saturated heterocycles. The van der Waals surface area contributed by atoms with E-state index in [0.29, 0.717) is 15.8 Å². The topological polar surface area (TPSA) is 220 Å². The van der Waals surface area contributed by atoms with Crippen molar-refractivity contribution < 1.29 is 40.8 Å². The van der Waals surface area contributed by atoms with Gasteiger partial charge in [0.15, 0.2) is 5.52 Å². The van der Waals surface area contributed by atoms with Crippen molar-refractivity contribution in [3.63, 3.8) is 0 Å². The normalized spacial score (nSPS) is 12.2. The van der Waals surface area contributed by atoms with Crippen molar-refractivity contribution in [3.05, 3.63) is 75.8 Å². The Balaban J connectivity index is 1.83. The zero-order chi connectivity index (χ0) is 29.0. The van der Waals surface area contributed by atoms with Gasteiger partial charge in [-0.1, -0.05) is 28.5 Å². The Morgan fingerprint density at radius 1 is 1.02 bits per heavy atom. The van der Waals surface area contributed by atoms with Gasteiger partial charge in [-0.15, -0.1) is 0 Å². The molecule has 5 aromatic rings. The van der Waals surface area contributed by atoms with Gasteiger partial charge in [0.1, 0.15) is 10.6 Å². The van der Waals surface area contributed by atoms with Crippen molar-refractivity contribution in [2.24, 2.45) is 0 Å². The number of aromatic nitrogens is 5. The Morgan fingerprint density at radius 2 is 1.77 bits per heavy atom. The lowest BCUT2D eigenvalue weighted by atomic mass is 10.1. The van der Waals surface area contributed by atoms with Crippen molar-refractivity contribution in [3.8, 4) is 22.2 Å². The Morgan fingerprint density at radius 3 is 2.42 bits per heavy atom. The molecular formula is C22H17N6O9S3+. The van der Waals surface area contributed by atoms with Gasteiger partial charge in [-0.05, 0) is 57.5 Å². The monoisotopic (exact) mass is 605 g/mol. The zero-order valence-electron chi connectivity index (χ0n) is 20.1. The molecule has 0 aliphatic heterocycles. The zero-order valence-corrected chi connectivity index (χ0v) is 22.6. The van der Waals surface area contributed by atoms with Crippen LogP contribution < -0.4 is 4.80 Å². The highest BCUT2D eigenvalue weighted by Gasteiger charge is 2.30. The van der Waals surface area contributed by atoms with Crippen molar-refractivity contribution in [1.29, 1.82) is 0 Å². The highest BCUT2D eigenvalue weighted by Crippen LogP contribution is 2.29. The standard InChI is InChI=1S/C22H16N6O9S3/c1-12-2-6-16(20(8-12)40(35,36)37)21-24-26(18-10-15(39(32,33)34)5-3-13(18)11-29)27(25-21)22-23-17-7-4-14(28(30)31)9-19(17)38-22/h2-10,29H,11H2,1H3,(H-,32,33,34,35,36,37)/p+1. The second-order valence-corrected chi connectivity index (χ2v) is 12.2. The molecule has 0 aliphatic rings. The van der Waals surface area contributed by atoms with Gasteiger partial charge in [0.2, 0.25) is 0 Å². The third-order valence-electron chi connectivity index (χ3n) is 5.70. The molecule has 0 aliphatic carbocycles. The molecule has 0 fully saturated rings. The van der Waals surface area contributed by atoms with Gasteiger partial charge in [-0.25, -0.2) is 0 Å². The molecule has 206 valence electrons. The first-order valence-electron chi connectivity index (χ1n) is 11.0. The number of rotatable bonds is 7.